The fourth-order valence-corrected chi connectivity index (χ4v) is 5.16. The van der Waals surface area contributed by atoms with Crippen LogP contribution in [0.1, 0.15) is 25.3 Å². The van der Waals surface area contributed by atoms with Crippen molar-refractivity contribution in [2.45, 2.75) is 32.4 Å². The maximum absolute atomic E-state index is 12.8. The number of rotatable bonds is 8. The second kappa shape index (κ2) is 9.78. The summed E-state index contributed by atoms with van der Waals surface area (Å²) in [5, 5.41) is 3.09. The second-order valence-corrected chi connectivity index (χ2v) is 9.90. The largest absolute Gasteiger partial charge is 0.495 e. The van der Waals surface area contributed by atoms with Gasteiger partial charge in [-0.25, -0.2) is 8.42 Å². The van der Waals surface area contributed by atoms with Gasteiger partial charge in [0.1, 0.15) is 11.8 Å². The summed E-state index contributed by atoms with van der Waals surface area (Å²) < 4.78 is 31.1. The Morgan fingerprint density at radius 3 is 2.39 bits per heavy atom. The van der Waals surface area contributed by atoms with Crippen LogP contribution in [0.25, 0.3) is 0 Å². The molecule has 0 radical (unpaired) electrons. The molecule has 168 valence electrons. The highest BCUT2D eigenvalue weighted by atomic mass is 35.5. The smallest absolute Gasteiger partial charge is 0.243 e. The van der Waals surface area contributed by atoms with Crippen LogP contribution in [0.4, 0.5) is 11.4 Å². The van der Waals surface area contributed by atoms with E-state index in [1.165, 1.54) is 31.7 Å². The molecule has 1 amide bonds. The number of methoxy groups -OCH3 is 1. The lowest BCUT2D eigenvalue weighted by Gasteiger charge is -2.28. The second-order valence-electron chi connectivity index (χ2n) is 7.63. The van der Waals surface area contributed by atoms with E-state index < -0.39 is 22.0 Å². The summed E-state index contributed by atoms with van der Waals surface area (Å²) in [5.41, 5.74) is 2.42. The molecule has 1 aliphatic rings. The number of ether oxygens (including phenoxy) is 1. The van der Waals surface area contributed by atoms with Gasteiger partial charge >= 0.3 is 0 Å². The fourth-order valence-electron chi connectivity index (χ4n) is 3.74. The minimum atomic E-state index is -3.73. The number of sulfonamides is 1. The predicted molar refractivity (Wildman–Crippen MR) is 125 cm³/mol. The molecule has 0 saturated carbocycles. The maximum atomic E-state index is 12.8. The Labute approximate surface area is 189 Å². The number of benzene rings is 2. The zero-order valence-electron chi connectivity index (χ0n) is 18.0. The van der Waals surface area contributed by atoms with Gasteiger partial charge < -0.3 is 15.0 Å². The quantitative estimate of drug-likeness (QED) is 0.646. The highest BCUT2D eigenvalue weighted by Gasteiger charge is 2.29. The van der Waals surface area contributed by atoms with Gasteiger partial charge in [-0.05, 0) is 55.7 Å². The van der Waals surface area contributed by atoms with Crippen LogP contribution >= 0.6 is 11.6 Å². The van der Waals surface area contributed by atoms with E-state index in [-0.39, 0.29) is 5.02 Å². The average Bonchev–Trinajstić information content (AvgIpc) is 3.26. The molecule has 9 heteroatoms. The Balaban J connectivity index is 1.69. The van der Waals surface area contributed by atoms with Crippen LogP contribution in [-0.4, -0.2) is 46.8 Å². The molecular weight excluding hydrogens is 438 g/mol. The van der Waals surface area contributed by atoms with Crippen LogP contribution in [0, 0.1) is 0 Å². The molecule has 1 N–H and O–H groups in total. The van der Waals surface area contributed by atoms with Crippen molar-refractivity contribution >= 4 is 38.9 Å². The standard InChI is InChI=1S/C22H28ClN3O4S/c1-16(26(31(3,28)29)19-10-11-21(30-2)20(23)14-19)22(27)24-15-17-6-8-18(9-7-17)25-12-4-5-13-25/h6-11,14,16H,4-5,12-13,15H2,1-3H3,(H,24,27)/t16-/m1/s1. The third-order valence-electron chi connectivity index (χ3n) is 5.35. The fraction of sp³-hybridized carbons (Fsp3) is 0.409. The van der Waals surface area contributed by atoms with Crippen LogP contribution in [0.15, 0.2) is 42.5 Å². The minimum absolute atomic E-state index is 0.263. The zero-order valence-corrected chi connectivity index (χ0v) is 19.5. The van der Waals surface area contributed by atoms with Crippen molar-refractivity contribution in [3.63, 3.8) is 0 Å². The first-order valence-corrected chi connectivity index (χ1v) is 12.4. The monoisotopic (exact) mass is 465 g/mol. The number of hydrogen-bond acceptors (Lipinski definition) is 5. The summed E-state index contributed by atoms with van der Waals surface area (Å²) in [7, 11) is -2.25. The molecule has 0 bridgehead atoms. The van der Waals surface area contributed by atoms with Gasteiger partial charge in [0.15, 0.2) is 0 Å². The van der Waals surface area contributed by atoms with E-state index in [0.717, 1.165) is 29.2 Å². The normalized spacial score (nSPS) is 14.9. The molecule has 31 heavy (non-hydrogen) atoms. The molecule has 2 aromatic carbocycles. The number of hydrogen-bond donors (Lipinski definition) is 1. The Bertz CT molecular complexity index is 1020. The number of carbonyl (C=O) groups excluding carboxylic acids is 1. The van der Waals surface area contributed by atoms with Crippen molar-refractivity contribution in [1.82, 2.24) is 5.32 Å². The molecule has 3 rings (SSSR count). The maximum Gasteiger partial charge on any atom is 0.243 e. The topological polar surface area (TPSA) is 79.0 Å². The molecule has 1 aliphatic heterocycles. The van der Waals surface area contributed by atoms with Crippen molar-refractivity contribution in [1.29, 1.82) is 0 Å². The lowest BCUT2D eigenvalue weighted by molar-refractivity contribution is -0.122. The Hall–Kier alpha value is -2.45. The highest BCUT2D eigenvalue weighted by Crippen LogP contribution is 2.31. The van der Waals surface area contributed by atoms with Gasteiger partial charge in [-0.15, -0.1) is 0 Å². The Kier molecular flexibility index (Phi) is 7.33. The zero-order chi connectivity index (χ0) is 22.6. The average molecular weight is 466 g/mol. The molecule has 1 saturated heterocycles. The van der Waals surface area contributed by atoms with Gasteiger partial charge in [0.25, 0.3) is 0 Å². The Morgan fingerprint density at radius 1 is 1.19 bits per heavy atom. The van der Waals surface area contributed by atoms with Gasteiger partial charge in [0, 0.05) is 25.3 Å². The minimum Gasteiger partial charge on any atom is -0.495 e. The van der Waals surface area contributed by atoms with Crippen molar-refractivity contribution in [3.8, 4) is 5.75 Å². The van der Waals surface area contributed by atoms with E-state index in [1.807, 2.05) is 12.1 Å². The summed E-state index contributed by atoms with van der Waals surface area (Å²) in [5.74, 6) is 0.0225. The first-order chi connectivity index (χ1) is 14.7. The summed E-state index contributed by atoms with van der Waals surface area (Å²) in [6, 6.07) is 11.7. The van der Waals surface area contributed by atoms with Crippen LogP contribution in [0.3, 0.4) is 0 Å². The van der Waals surface area contributed by atoms with Crippen molar-refractivity contribution < 1.29 is 17.9 Å². The first-order valence-electron chi connectivity index (χ1n) is 10.2. The summed E-state index contributed by atoms with van der Waals surface area (Å²) in [6.07, 6.45) is 3.49. The summed E-state index contributed by atoms with van der Waals surface area (Å²) in [4.78, 5) is 15.1. The lowest BCUT2D eigenvalue weighted by Crippen LogP contribution is -2.47. The van der Waals surface area contributed by atoms with E-state index in [9.17, 15) is 13.2 Å². The molecule has 0 unspecified atom stereocenters. The van der Waals surface area contributed by atoms with E-state index >= 15 is 0 Å². The van der Waals surface area contributed by atoms with E-state index in [0.29, 0.717) is 18.0 Å². The molecule has 7 nitrogen and oxygen atoms in total. The van der Waals surface area contributed by atoms with Crippen LogP contribution in [0.5, 0.6) is 5.75 Å². The van der Waals surface area contributed by atoms with Gasteiger partial charge in [-0.2, -0.15) is 0 Å². The van der Waals surface area contributed by atoms with Gasteiger partial charge in [0.05, 0.1) is 24.1 Å². The molecule has 0 aliphatic carbocycles. The van der Waals surface area contributed by atoms with E-state index in [2.05, 4.69) is 22.3 Å². The number of nitrogens with one attached hydrogen (secondary N) is 1. The third kappa shape index (κ3) is 5.62. The molecule has 1 fully saturated rings. The highest BCUT2D eigenvalue weighted by molar-refractivity contribution is 7.92. The SMILES string of the molecule is COc1ccc(N([C@H](C)C(=O)NCc2ccc(N3CCCC3)cc2)S(C)(=O)=O)cc1Cl. The number of halogens is 1. The van der Waals surface area contributed by atoms with Crippen molar-refractivity contribution in [3.05, 3.63) is 53.1 Å². The van der Waals surface area contributed by atoms with E-state index in [1.54, 1.807) is 19.1 Å². The van der Waals surface area contributed by atoms with Crippen molar-refractivity contribution in [2.75, 3.05) is 35.7 Å². The molecule has 1 heterocycles. The molecule has 1 atom stereocenters. The molecule has 0 spiro atoms. The lowest BCUT2D eigenvalue weighted by atomic mass is 10.2. The summed E-state index contributed by atoms with van der Waals surface area (Å²) in [6.45, 7) is 4.00. The number of carbonyl (C=O) groups is 1. The number of nitrogens with zero attached hydrogens (tertiary/aromatic N) is 2. The van der Waals surface area contributed by atoms with Gasteiger partial charge in [0.2, 0.25) is 15.9 Å². The predicted octanol–water partition coefficient (Wildman–Crippen LogP) is 3.42. The van der Waals surface area contributed by atoms with Crippen LogP contribution < -0.4 is 19.3 Å². The van der Waals surface area contributed by atoms with Crippen LogP contribution in [0.2, 0.25) is 5.02 Å². The molecule has 0 aromatic heterocycles. The Morgan fingerprint density at radius 2 is 1.84 bits per heavy atom. The van der Waals surface area contributed by atoms with Gasteiger partial charge in [-0.1, -0.05) is 23.7 Å². The van der Waals surface area contributed by atoms with Crippen molar-refractivity contribution in [2.24, 2.45) is 0 Å². The molecular formula is C22H28ClN3O4S. The number of amides is 1. The van der Waals surface area contributed by atoms with Gasteiger partial charge in [-0.3, -0.25) is 9.10 Å². The first kappa shape index (κ1) is 23.2. The van der Waals surface area contributed by atoms with Crippen LogP contribution in [-0.2, 0) is 21.4 Å². The molecule has 2 aromatic rings. The van der Waals surface area contributed by atoms with E-state index in [4.69, 9.17) is 16.3 Å². The third-order valence-corrected chi connectivity index (χ3v) is 6.89. The summed E-state index contributed by atoms with van der Waals surface area (Å²) >= 11 is 6.16. The number of anilines is 2.